The second kappa shape index (κ2) is 4.78. The predicted molar refractivity (Wildman–Crippen MR) is 87.4 cm³/mol. The van der Waals surface area contributed by atoms with Crippen LogP contribution in [0.25, 0.3) is 21.8 Å². The number of aromatic nitrogens is 1. The van der Waals surface area contributed by atoms with Gasteiger partial charge >= 0.3 is 0 Å². The summed E-state index contributed by atoms with van der Waals surface area (Å²) in [5.41, 5.74) is 4.47. The number of anilines is 1. The maximum Gasteiger partial charge on any atom is 0.259 e. The minimum Gasteiger partial charge on any atom is -0.396 e. The van der Waals surface area contributed by atoms with Crippen LogP contribution in [0.2, 0.25) is 0 Å². The molecule has 1 amide bonds. The maximum atomic E-state index is 12.9. The van der Waals surface area contributed by atoms with Crippen molar-refractivity contribution in [3.63, 3.8) is 0 Å². The molecule has 0 atom stereocenters. The fraction of sp³-hybridized carbons (Fsp3) is 0.222. The quantitative estimate of drug-likeness (QED) is 0.755. The minimum atomic E-state index is 0.0117. The molecule has 1 aromatic heterocycles. The molecule has 0 fully saturated rings. The first-order chi connectivity index (χ1) is 10.7. The van der Waals surface area contributed by atoms with E-state index in [9.17, 15) is 4.79 Å². The van der Waals surface area contributed by atoms with Gasteiger partial charge in [0.05, 0.1) is 22.3 Å². The van der Waals surface area contributed by atoms with E-state index < -0.39 is 0 Å². The van der Waals surface area contributed by atoms with Crippen LogP contribution in [0.4, 0.5) is 5.69 Å². The highest BCUT2D eigenvalue weighted by molar-refractivity contribution is 6.30. The molecule has 1 aliphatic heterocycles. The lowest BCUT2D eigenvalue weighted by molar-refractivity contribution is 0.0993. The van der Waals surface area contributed by atoms with E-state index in [0.29, 0.717) is 13.0 Å². The van der Waals surface area contributed by atoms with Crippen LogP contribution >= 0.6 is 0 Å². The number of carbonyl (C=O) groups is 1. The molecule has 1 N–H and O–H groups in total. The lowest BCUT2D eigenvalue weighted by atomic mass is 10.0. The normalized spacial score (nSPS) is 13.5. The molecule has 0 saturated heterocycles. The van der Waals surface area contributed by atoms with Crippen molar-refractivity contribution in [2.75, 3.05) is 18.1 Å². The Kier molecular flexibility index (Phi) is 2.87. The number of carbonyl (C=O) groups excluding carboxylic acids is 1. The lowest BCUT2D eigenvalue weighted by Crippen LogP contribution is -2.28. The molecule has 0 spiro atoms. The molecular weight excluding hydrogens is 276 g/mol. The van der Waals surface area contributed by atoms with Gasteiger partial charge in [-0.25, -0.2) is 4.98 Å². The Morgan fingerprint density at radius 1 is 1.18 bits per heavy atom. The SMILES string of the molecule is Cc1ccc2nc3cccc4c3c(c2c1)C(=O)N4CCCO. The molecule has 2 aromatic carbocycles. The number of pyridine rings is 1. The van der Waals surface area contributed by atoms with Gasteiger partial charge in [-0.15, -0.1) is 0 Å². The molecule has 1 aliphatic rings. The predicted octanol–water partition coefficient (Wildman–Crippen LogP) is 3.04. The summed E-state index contributed by atoms with van der Waals surface area (Å²) in [5, 5.41) is 10.9. The van der Waals surface area contributed by atoms with Crippen LogP contribution in [0, 0.1) is 6.92 Å². The van der Waals surface area contributed by atoms with E-state index in [4.69, 9.17) is 10.1 Å². The fourth-order valence-corrected chi connectivity index (χ4v) is 3.23. The van der Waals surface area contributed by atoms with Crippen LogP contribution < -0.4 is 4.90 Å². The monoisotopic (exact) mass is 292 g/mol. The van der Waals surface area contributed by atoms with Crippen LogP contribution in [-0.2, 0) is 0 Å². The van der Waals surface area contributed by atoms with Crippen LogP contribution in [-0.4, -0.2) is 29.1 Å². The van der Waals surface area contributed by atoms with Crippen molar-refractivity contribution in [2.24, 2.45) is 0 Å². The highest BCUT2D eigenvalue weighted by Crippen LogP contribution is 2.40. The van der Waals surface area contributed by atoms with Gasteiger partial charge < -0.3 is 10.0 Å². The number of amides is 1. The number of hydrogen-bond acceptors (Lipinski definition) is 3. The average molecular weight is 292 g/mol. The van der Waals surface area contributed by atoms with Crippen molar-refractivity contribution < 1.29 is 9.90 Å². The molecule has 4 heteroatoms. The number of fused-ring (bicyclic) bond motifs is 2. The zero-order chi connectivity index (χ0) is 15.3. The Labute approximate surface area is 128 Å². The Morgan fingerprint density at radius 2 is 2.05 bits per heavy atom. The van der Waals surface area contributed by atoms with Gasteiger partial charge in [0.15, 0.2) is 0 Å². The molecule has 0 bridgehead atoms. The first-order valence-corrected chi connectivity index (χ1v) is 7.46. The average Bonchev–Trinajstić information content (AvgIpc) is 2.80. The summed E-state index contributed by atoms with van der Waals surface area (Å²) in [5.74, 6) is 0.0117. The van der Waals surface area contributed by atoms with Gasteiger partial charge in [0, 0.05) is 23.9 Å². The number of aliphatic hydroxyl groups excluding tert-OH is 1. The smallest absolute Gasteiger partial charge is 0.259 e. The molecule has 0 radical (unpaired) electrons. The van der Waals surface area contributed by atoms with Crippen molar-refractivity contribution in [1.82, 2.24) is 4.98 Å². The van der Waals surface area contributed by atoms with Gasteiger partial charge in [0.2, 0.25) is 0 Å². The zero-order valence-corrected chi connectivity index (χ0v) is 12.3. The Bertz CT molecular complexity index is 918. The third-order valence-corrected chi connectivity index (χ3v) is 4.22. The highest BCUT2D eigenvalue weighted by atomic mass is 16.3. The summed E-state index contributed by atoms with van der Waals surface area (Å²) >= 11 is 0. The zero-order valence-electron chi connectivity index (χ0n) is 12.3. The van der Waals surface area contributed by atoms with Crippen molar-refractivity contribution in [3.05, 3.63) is 47.5 Å². The van der Waals surface area contributed by atoms with Gasteiger partial charge in [-0.05, 0) is 37.6 Å². The first kappa shape index (κ1) is 13.2. The summed E-state index contributed by atoms with van der Waals surface area (Å²) < 4.78 is 0. The lowest BCUT2D eigenvalue weighted by Gasteiger charge is -2.16. The Balaban J connectivity index is 2.06. The number of aryl methyl sites for hydroxylation is 1. The van der Waals surface area contributed by atoms with Crippen LogP contribution in [0.5, 0.6) is 0 Å². The summed E-state index contributed by atoms with van der Waals surface area (Å²) in [6, 6.07) is 11.8. The number of aliphatic hydroxyl groups is 1. The fourth-order valence-electron chi connectivity index (χ4n) is 3.23. The van der Waals surface area contributed by atoms with Crippen molar-refractivity contribution in [1.29, 1.82) is 0 Å². The molecule has 0 saturated carbocycles. The Morgan fingerprint density at radius 3 is 2.86 bits per heavy atom. The molecule has 2 heterocycles. The molecule has 4 rings (SSSR count). The minimum absolute atomic E-state index is 0.0117. The molecule has 3 aromatic rings. The van der Waals surface area contributed by atoms with Crippen molar-refractivity contribution in [3.8, 4) is 0 Å². The van der Waals surface area contributed by atoms with Gasteiger partial charge in [0.1, 0.15) is 0 Å². The molecule has 0 unspecified atom stereocenters. The number of benzene rings is 2. The topological polar surface area (TPSA) is 53.4 Å². The van der Waals surface area contributed by atoms with Gasteiger partial charge in [-0.1, -0.05) is 17.7 Å². The molecule has 110 valence electrons. The largest absolute Gasteiger partial charge is 0.396 e. The van der Waals surface area contributed by atoms with E-state index in [2.05, 4.69) is 0 Å². The van der Waals surface area contributed by atoms with E-state index in [-0.39, 0.29) is 12.5 Å². The Hall–Kier alpha value is -2.46. The molecule has 0 aliphatic carbocycles. The van der Waals surface area contributed by atoms with Gasteiger partial charge in [0.25, 0.3) is 5.91 Å². The van der Waals surface area contributed by atoms with Crippen molar-refractivity contribution in [2.45, 2.75) is 13.3 Å². The summed E-state index contributed by atoms with van der Waals surface area (Å²) in [6.45, 7) is 2.62. The summed E-state index contributed by atoms with van der Waals surface area (Å²) in [4.78, 5) is 19.4. The number of nitrogens with zero attached hydrogens (tertiary/aromatic N) is 2. The standard InChI is InChI=1S/C18H16N2O2/c1-11-6-7-13-12(10-11)16-17-14(19-13)4-2-5-15(17)20(18(16)22)8-3-9-21/h2,4-7,10,21H,3,8-9H2,1H3. The van der Waals surface area contributed by atoms with Crippen molar-refractivity contribution >= 4 is 33.4 Å². The highest BCUT2D eigenvalue weighted by Gasteiger charge is 2.31. The van der Waals surface area contributed by atoms with Gasteiger partial charge in [-0.2, -0.15) is 0 Å². The summed E-state index contributed by atoms with van der Waals surface area (Å²) in [7, 11) is 0. The van der Waals surface area contributed by atoms with E-state index in [1.165, 1.54) is 0 Å². The van der Waals surface area contributed by atoms with Crippen LogP contribution in [0.15, 0.2) is 36.4 Å². The third-order valence-electron chi connectivity index (χ3n) is 4.22. The second-order valence-corrected chi connectivity index (χ2v) is 5.71. The molecular formula is C18H16N2O2. The number of rotatable bonds is 3. The first-order valence-electron chi connectivity index (χ1n) is 7.46. The van der Waals surface area contributed by atoms with E-state index in [1.807, 2.05) is 43.3 Å². The van der Waals surface area contributed by atoms with E-state index >= 15 is 0 Å². The second-order valence-electron chi connectivity index (χ2n) is 5.71. The maximum absolute atomic E-state index is 12.9. The van der Waals surface area contributed by atoms with Crippen LogP contribution in [0.3, 0.4) is 0 Å². The molecule has 22 heavy (non-hydrogen) atoms. The molecule has 4 nitrogen and oxygen atoms in total. The third kappa shape index (κ3) is 1.74. The van der Waals surface area contributed by atoms with E-state index in [0.717, 1.165) is 38.6 Å². The summed E-state index contributed by atoms with van der Waals surface area (Å²) in [6.07, 6.45) is 0.570. The van der Waals surface area contributed by atoms with Crippen LogP contribution in [0.1, 0.15) is 22.3 Å². The van der Waals surface area contributed by atoms with Gasteiger partial charge in [-0.3, -0.25) is 4.79 Å². The van der Waals surface area contributed by atoms with E-state index in [1.54, 1.807) is 4.90 Å². The number of hydrogen-bond donors (Lipinski definition) is 1.